The minimum Gasteiger partial charge on any atom is -0.490 e. The van der Waals surface area contributed by atoms with Crippen molar-refractivity contribution in [1.29, 1.82) is 0 Å². The first-order chi connectivity index (χ1) is 18.3. The van der Waals surface area contributed by atoms with Crippen LogP contribution in [-0.4, -0.2) is 41.2 Å². The van der Waals surface area contributed by atoms with Gasteiger partial charge in [-0.3, -0.25) is 4.79 Å². The Bertz CT molecular complexity index is 1400. The van der Waals surface area contributed by atoms with Gasteiger partial charge in [-0.15, -0.1) is 0 Å². The molecule has 0 amide bonds. The summed E-state index contributed by atoms with van der Waals surface area (Å²) >= 11 is 9.96. The maximum Gasteiger partial charge on any atom is 0.344 e. The topological polar surface area (TPSA) is 92.0 Å². The highest BCUT2D eigenvalue weighted by Gasteiger charge is 2.23. The van der Waals surface area contributed by atoms with Gasteiger partial charge in [0.05, 0.1) is 34.9 Å². The fourth-order valence-electron chi connectivity index (χ4n) is 4.52. The van der Waals surface area contributed by atoms with Crippen LogP contribution >= 0.6 is 27.5 Å². The van der Waals surface area contributed by atoms with Crippen molar-refractivity contribution in [1.82, 2.24) is 9.66 Å². The number of nitrogens with zero attached hydrogens (tertiary/aromatic N) is 3. The standard InChI is InChI=1S/C28H31BrClN3O5/c1-4-36-24-13-18(12-22(30)26(24)37-16-25(34)38-17(2)3)15-31-33-27(19-8-6-5-7-9-19)32-23-11-10-20(29)14-21(23)28(33)35/h10-15,17,19H,4-9,16H2,1-3H3. The molecule has 0 N–H and O–H groups in total. The molecule has 1 aliphatic carbocycles. The zero-order chi connectivity index (χ0) is 27.2. The van der Waals surface area contributed by atoms with E-state index in [4.69, 9.17) is 30.8 Å². The molecule has 0 atom stereocenters. The van der Waals surface area contributed by atoms with Crippen molar-refractivity contribution in [3.05, 3.63) is 61.6 Å². The summed E-state index contributed by atoms with van der Waals surface area (Å²) in [7, 11) is 0. The van der Waals surface area contributed by atoms with Gasteiger partial charge in [0.2, 0.25) is 0 Å². The quantitative estimate of drug-likeness (QED) is 0.205. The Morgan fingerprint density at radius 3 is 2.68 bits per heavy atom. The Hall–Kier alpha value is -2.91. The normalized spacial score (nSPS) is 14.4. The number of carbonyl (C=O) groups is 1. The lowest BCUT2D eigenvalue weighted by molar-refractivity contribution is -0.149. The van der Waals surface area contributed by atoms with Gasteiger partial charge in [-0.05, 0) is 69.5 Å². The molecule has 1 fully saturated rings. The van der Waals surface area contributed by atoms with Gasteiger partial charge in [0.15, 0.2) is 18.1 Å². The molecule has 10 heteroatoms. The third kappa shape index (κ3) is 6.74. The summed E-state index contributed by atoms with van der Waals surface area (Å²) in [6.45, 7) is 5.42. The summed E-state index contributed by atoms with van der Waals surface area (Å²) < 4.78 is 18.7. The molecule has 0 saturated heterocycles. The maximum atomic E-state index is 13.6. The molecule has 3 aromatic rings. The second kappa shape index (κ2) is 12.8. The van der Waals surface area contributed by atoms with E-state index < -0.39 is 5.97 Å². The fourth-order valence-corrected chi connectivity index (χ4v) is 5.16. The van der Waals surface area contributed by atoms with Crippen LogP contribution in [0.2, 0.25) is 5.02 Å². The predicted octanol–water partition coefficient (Wildman–Crippen LogP) is 6.47. The van der Waals surface area contributed by atoms with Gasteiger partial charge in [-0.1, -0.05) is 46.8 Å². The number of esters is 1. The van der Waals surface area contributed by atoms with Gasteiger partial charge in [0.25, 0.3) is 5.56 Å². The Morgan fingerprint density at radius 2 is 1.97 bits per heavy atom. The van der Waals surface area contributed by atoms with Crippen molar-refractivity contribution >= 4 is 50.6 Å². The van der Waals surface area contributed by atoms with E-state index in [-0.39, 0.29) is 35.0 Å². The first-order valence-corrected chi connectivity index (χ1v) is 14.0. The highest BCUT2D eigenvalue weighted by atomic mass is 79.9. The molecule has 4 rings (SSSR count). The van der Waals surface area contributed by atoms with Crippen LogP contribution in [0.25, 0.3) is 10.9 Å². The Balaban J connectivity index is 1.71. The van der Waals surface area contributed by atoms with Gasteiger partial charge in [-0.2, -0.15) is 9.78 Å². The van der Waals surface area contributed by atoms with E-state index in [1.807, 2.05) is 19.1 Å². The minimum atomic E-state index is -0.505. The second-order valence-electron chi connectivity index (χ2n) is 9.42. The van der Waals surface area contributed by atoms with Crippen LogP contribution in [0, 0.1) is 0 Å². The maximum absolute atomic E-state index is 13.6. The van der Waals surface area contributed by atoms with E-state index in [1.165, 1.54) is 11.1 Å². The molecule has 0 spiro atoms. The molecule has 8 nitrogen and oxygen atoms in total. The van der Waals surface area contributed by atoms with Crippen LogP contribution in [0.3, 0.4) is 0 Å². The van der Waals surface area contributed by atoms with E-state index >= 15 is 0 Å². The minimum absolute atomic E-state index is 0.158. The summed E-state index contributed by atoms with van der Waals surface area (Å²) in [5.41, 5.74) is 1.03. The highest BCUT2D eigenvalue weighted by Crippen LogP contribution is 2.37. The molecule has 0 unspecified atom stereocenters. The molecular weight excluding hydrogens is 574 g/mol. The van der Waals surface area contributed by atoms with Crippen molar-refractivity contribution in [2.24, 2.45) is 5.10 Å². The smallest absolute Gasteiger partial charge is 0.344 e. The molecule has 0 aliphatic heterocycles. The van der Waals surface area contributed by atoms with E-state index in [9.17, 15) is 9.59 Å². The number of rotatable bonds is 9. The van der Waals surface area contributed by atoms with Crippen molar-refractivity contribution in [2.75, 3.05) is 13.2 Å². The van der Waals surface area contributed by atoms with Crippen molar-refractivity contribution in [2.45, 2.75) is 64.9 Å². The molecule has 1 heterocycles. The molecule has 1 aliphatic rings. The number of ether oxygens (including phenoxy) is 3. The SMILES string of the molecule is CCOc1cc(C=Nn2c(C3CCCCC3)nc3ccc(Br)cc3c2=O)cc(Cl)c1OCC(=O)OC(C)C. The third-order valence-corrected chi connectivity index (χ3v) is 6.93. The van der Waals surface area contributed by atoms with Gasteiger partial charge in [-0.25, -0.2) is 9.78 Å². The van der Waals surface area contributed by atoms with Crippen LogP contribution in [0.1, 0.15) is 70.2 Å². The lowest BCUT2D eigenvalue weighted by atomic mass is 9.88. The molecule has 202 valence electrons. The highest BCUT2D eigenvalue weighted by molar-refractivity contribution is 9.10. The van der Waals surface area contributed by atoms with Crippen molar-refractivity contribution < 1.29 is 19.0 Å². The number of hydrogen-bond donors (Lipinski definition) is 0. The number of hydrogen-bond acceptors (Lipinski definition) is 7. The zero-order valence-corrected chi connectivity index (χ0v) is 24.0. The number of aromatic nitrogens is 2. The van der Waals surface area contributed by atoms with Gasteiger partial charge < -0.3 is 14.2 Å². The molecule has 2 aromatic carbocycles. The van der Waals surface area contributed by atoms with Crippen molar-refractivity contribution in [3.63, 3.8) is 0 Å². The van der Waals surface area contributed by atoms with E-state index in [0.717, 1.165) is 30.2 Å². The monoisotopic (exact) mass is 603 g/mol. The molecule has 0 radical (unpaired) electrons. The summed E-state index contributed by atoms with van der Waals surface area (Å²) in [5, 5.41) is 5.31. The molecular formula is C28H31BrClN3O5. The first kappa shape index (κ1) is 28.1. The number of carbonyl (C=O) groups excluding carboxylic acids is 1. The predicted molar refractivity (Wildman–Crippen MR) is 152 cm³/mol. The summed E-state index contributed by atoms with van der Waals surface area (Å²) in [4.78, 5) is 30.4. The summed E-state index contributed by atoms with van der Waals surface area (Å²) in [6, 6.07) is 8.86. The lowest BCUT2D eigenvalue weighted by Crippen LogP contribution is -2.25. The summed E-state index contributed by atoms with van der Waals surface area (Å²) in [6.07, 6.45) is 6.63. The van der Waals surface area contributed by atoms with Gasteiger partial charge in [0.1, 0.15) is 5.82 Å². The third-order valence-electron chi connectivity index (χ3n) is 6.16. The second-order valence-corrected chi connectivity index (χ2v) is 10.7. The summed E-state index contributed by atoms with van der Waals surface area (Å²) in [5.74, 6) is 0.920. The van der Waals surface area contributed by atoms with Crippen LogP contribution in [-0.2, 0) is 9.53 Å². The molecule has 1 saturated carbocycles. The number of halogens is 2. The van der Waals surface area contributed by atoms with Crippen molar-refractivity contribution in [3.8, 4) is 11.5 Å². The van der Waals surface area contributed by atoms with Gasteiger partial charge in [0, 0.05) is 10.4 Å². The van der Waals surface area contributed by atoms with E-state index in [1.54, 1.807) is 38.3 Å². The fraction of sp³-hybridized carbons (Fsp3) is 0.429. The molecule has 1 aromatic heterocycles. The van der Waals surface area contributed by atoms with Crippen LogP contribution < -0.4 is 15.0 Å². The lowest BCUT2D eigenvalue weighted by Gasteiger charge is -2.22. The number of benzene rings is 2. The zero-order valence-electron chi connectivity index (χ0n) is 21.7. The van der Waals surface area contributed by atoms with Crippen LogP contribution in [0.4, 0.5) is 0 Å². The molecule has 38 heavy (non-hydrogen) atoms. The first-order valence-electron chi connectivity index (χ1n) is 12.8. The molecule has 0 bridgehead atoms. The Labute approximate surface area is 235 Å². The van der Waals surface area contributed by atoms with Crippen LogP contribution in [0.15, 0.2) is 44.7 Å². The Kier molecular flexibility index (Phi) is 9.44. The van der Waals surface area contributed by atoms with Gasteiger partial charge >= 0.3 is 5.97 Å². The van der Waals surface area contributed by atoms with E-state index in [2.05, 4.69) is 21.0 Å². The Morgan fingerprint density at radius 1 is 1.21 bits per heavy atom. The number of fused-ring (bicyclic) bond motifs is 1. The average molecular weight is 605 g/mol. The van der Waals surface area contributed by atoms with Crippen LogP contribution in [0.5, 0.6) is 11.5 Å². The average Bonchev–Trinajstić information content (AvgIpc) is 2.88. The largest absolute Gasteiger partial charge is 0.490 e. The van der Waals surface area contributed by atoms with E-state index in [0.29, 0.717) is 34.6 Å².